The van der Waals surface area contributed by atoms with Crippen molar-refractivity contribution in [2.45, 2.75) is 13.5 Å². The summed E-state index contributed by atoms with van der Waals surface area (Å²) in [6.45, 7) is 4.62. The summed E-state index contributed by atoms with van der Waals surface area (Å²) in [5.74, 6) is 1.59. The van der Waals surface area contributed by atoms with Crippen LogP contribution in [-0.2, 0) is 11.3 Å². The van der Waals surface area contributed by atoms with Crippen LogP contribution in [0.3, 0.4) is 0 Å². The predicted molar refractivity (Wildman–Crippen MR) is 111 cm³/mol. The number of amides is 1. The van der Waals surface area contributed by atoms with Crippen molar-refractivity contribution < 1.29 is 19.2 Å². The van der Waals surface area contributed by atoms with Crippen LogP contribution in [0.5, 0.6) is 11.5 Å². The Morgan fingerprint density at radius 1 is 1.11 bits per heavy atom. The summed E-state index contributed by atoms with van der Waals surface area (Å²) in [5, 5.41) is 3.95. The number of quaternary nitrogens is 1. The number of nitrogens with one attached hydrogen (secondary N) is 2. The minimum atomic E-state index is 0.00825. The monoisotopic (exact) mass is 400 g/mol. The zero-order valence-electron chi connectivity index (χ0n) is 16.2. The van der Waals surface area contributed by atoms with E-state index in [2.05, 4.69) is 16.4 Å². The molecule has 0 aliphatic rings. The molecule has 3 aromatic rings. The Morgan fingerprint density at radius 3 is 2.54 bits per heavy atom. The maximum absolute atomic E-state index is 12.1. The molecular weight excluding hydrogens is 374 g/mol. The highest BCUT2D eigenvalue weighted by atomic mass is 32.1. The molecule has 1 atom stereocenters. The molecule has 0 aliphatic heterocycles. The van der Waals surface area contributed by atoms with E-state index in [1.807, 2.05) is 56.4 Å². The fraction of sp³-hybridized carbons (Fsp3) is 0.333. The lowest BCUT2D eigenvalue weighted by atomic mass is 10.3. The molecular formula is C21H26N3O3S+. The summed E-state index contributed by atoms with van der Waals surface area (Å²) in [7, 11) is 2.00. The molecule has 1 heterocycles. The minimum absolute atomic E-state index is 0.00825. The van der Waals surface area contributed by atoms with Gasteiger partial charge in [-0.3, -0.25) is 4.79 Å². The highest BCUT2D eigenvalue weighted by Gasteiger charge is 2.13. The zero-order valence-corrected chi connectivity index (χ0v) is 17.1. The molecule has 28 heavy (non-hydrogen) atoms. The average molecular weight is 401 g/mol. The number of para-hydroxylation sites is 1. The van der Waals surface area contributed by atoms with Crippen LogP contribution in [-0.4, -0.2) is 44.2 Å². The number of thiazole rings is 1. The Bertz CT molecular complexity index is 862. The van der Waals surface area contributed by atoms with Crippen molar-refractivity contribution in [2.24, 2.45) is 0 Å². The Balaban J connectivity index is 1.35. The molecule has 7 heteroatoms. The van der Waals surface area contributed by atoms with Gasteiger partial charge in [-0.15, -0.1) is 11.3 Å². The number of carbonyl (C=O) groups is 1. The number of carbonyl (C=O) groups excluding carboxylic acids is 1. The molecule has 6 nitrogen and oxygen atoms in total. The molecule has 0 fully saturated rings. The van der Waals surface area contributed by atoms with Gasteiger partial charge in [-0.1, -0.05) is 12.1 Å². The number of hydrogen-bond donors (Lipinski definition) is 2. The van der Waals surface area contributed by atoms with Crippen LogP contribution in [0.25, 0.3) is 10.2 Å². The van der Waals surface area contributed by atoms with E-state index in [1.165, 1.54) is 4.70 Å². The van der Waals surface area contributed by atoms with E-state index in [9.17, 15) is 4.79 Å². The second-order valence-electron chi connectivity index (χ2n) is 6.49. The van der Waals surface area contributed by atoms with Gasteiger partial charge in [-0.2, -0.15) is 0 Å². The van der Waals surface area contributed by atoms with Crippen LogP contribution in [0.4, 0.5) is 0 Å². The number of likely N-dealkylation sites (N-methyl/N-ethyl adjacent to an activating group) is 1. The van der Waals surface area contributed by atoms with Gasteiger partial charge < -0.3 is 19.7 Å². The number of fused-ring (bicyclic) bond motifs is 1. The second-order valence-corrected chi connectivity index (χ2v) is 7.60. The summed E-state index contributed by atoms with van der Waals surface area (Å²) in [5.41, 5.74) is 1.02. The normalized spacial score (nSPS) is 11.9. The van der Waals surface area contributed by atoms with Gasteiger partial charge in [0, 0.05) is 0 Å². The van der Waals surface area contributed by atoms with Crippen LogP contribution in [0, 0.1) is 0 Å². The van der Waals surface area contributed by atoms with Gasteiger partial charge in [0.2, 0.25) is 0 Å². The van der Waals surface area contributed by atoms with E-state index >= 15 is 0 Å². The highest BCUT2D eigenvalue weighted by molar-refractivity contribution is 7.18. The Hall–Kier alpha value is -2.64. The van der Waals surface area contributed by atoms with Gasteiger partial charge >= 0.3 is 0 Å². The summed E-state index contributed by atoms with van der Waals surface area (Å²) in [4.78, 5) is 17.8. The molecule has 0 aliphatic carbocycles. The molecule has 1 amide bonds. The van der Waals surface area contributed by atoms with Gasteiger partial charge in [-0.25, -0.2) is 4.98 Å². The first-order chi connectivity index (χ1) is 13.6. The van der Waals surface area contributed by atoms with Crippen molar-refractivity contribution in [1.82, 2.24) is 10.3 Å². The summed E-state index contributed by atoms with van der Waals surface area (Å²) < 4.78 is 12.2. The maximum atomic E-state index is 12.1. The van der Waals surface area contributed by atoms with E-state index < -0.39 is 0 Å². The summed E-state index contributed by atoms with van der Waals surface area (Å²) >= 11 is 1.68. The van der Waals surface area contributed by atoms with Crippen LogP contribution < -0.4 is 19.7 Å². The third kappa shape index (κ3) is 5.94. The third-order valence-corrected chi connectivity index (χ3v) is 5.12. The van der Waals surface area contributed by atoms with Crippen molar-refractivity contribution in [2.75, 3.05) is 33.4 Å². The molecule has 1 unspecified atom stereocenters. The van der Waals surface area contributed by atoms with Gasteiger partial charge in [0.15, 0.2) is 6.54 Å². The number of aromatic nitrogens is 1. The van der Waals surface area contributed by atoms with Crippen molar-refractivity contribution in [3.05, 3.63) is 53.5 Å². The molecule has 2 aromatic carbocycles. The molecule has 0 bridgehead atoms. The van der Waals surface area contributed by atoms with Gasteiger partial charge in [0.25, 0.3) is 5.91 Å². The lowest BCUT2D eigenvalue weighted by Gasteiger charge is -2.13. The van der Waals surface area contributed by atoms with Crippen molar-refractivity contribution in [3.63, 3.8) is 0 Å². The quantitative estimate of drug-likeness (QED) is 0.510. The van der Waals surface area contributed by atoms with Crippen molar-refractivity contribution in [3.8, 4) is 11.5 Å². The van der Waals surface area contributed by atoms with E-state index in [0.29, 0.717) is 26.3 Å². The fourth-order valence-electron chi connectivity index (χ4n) is 2.81. The Morgan fingerprint density at radius 2 is 1.82 bits per heavy atom. The van der Waals surface area contributed by atoms with Crippen LogP contribution in [0.15, 0.2) is 48.5 Å². The van der Waals surface area contributed by atoms with E-state index in [1.54, 1.807) is 11.3 Å². The number of benzene rings is 2. The van der Waals surface area contributed by atoms with Crippen LogP contribution in [0.2, 0.25) is 0 Å². The smallest absolute Gasteiger partial charge is 0.275 e. The van der Waals surface area contributed by atoms with E-state index in [-0.39, 0.29) is 5.91 Å². The summed E-state index contributed by atoms with van der Waals surface area (Å²) in [6, 6.07) is 15.6. The van der Waals surface area contributed by atoms with Crippen molar-refractivity contribution >= 4 is 27.5 Å². The molecule has 3 rings (SSSR count). The fourth-order valence-corrected chi connectivity index (χ4v) is 3.89. The zero-order chi connectivity index (χ0) is 19.8. The number of rotatable bonds is 10. The van der Waals surface area contributed by atoms with E-state index in [0.717, 1.165) is 33.5 Å². The maximum Gasteiger partial charge on any atom is 0.275 e. The molecule has 0 radical (unpaired) electrons. The third-order valence-electron chi connectivity index (χ3n) is 4.08. The largest absolute Gasteiger partial charge is 0.494 e. The van der Waals surface area contributed by atoms with Crippen LogP contribution in [0.1, 0.15) is 11.9 Å². The molecule has 0 spiro atoms. The molecule has 0 saturated carbocycles. The minimum Gasteiger partial charge on any atom is -0.494 e. The second kappa shape index (κ2) is 10.1. The highest BCUT2D eigenvalue weighted by Crippen LogP contribution is 2.20. The first-order valence-electron chi connectivity index (χ1n) is 9.42. The Labute approximate surface area is 169 Å². The van der Waals surface area contributed by atoms with E-state index in [4.69, 9.17) is 9.47 Å². The molecule has 148 valence electrons. The number of nitrogens with zero attached hydrogens (tertiary/aromatic N) is 1. The van der Waals surface area contributed by atoms with Gasteiger partial charge in [-0.05, 0) is 43.3 Å². The molecule has 0 saturated heterocycles. The van der Waals surface area contributed by atoms with Gasteiger partial charge in [0.05, 0.1) is 30.4 Å². The number of ether oxygens (including phenoxy) is 2. The average Bonchev–Trinajstić information content (AvgIpc) is 3.08. The SMILES string of the molecule is CCOc1ccc(OCCNC(=O)C[NH+](C)Cc2nc3ccccc3s2)cc1. The van der Waals surface area contributed by atoms with Crippen molar-refractivity contribution in [1.29, 1.82) is 0 Å². The summed E-state index contributed by atoms with van der Waals surface area (Å²) in [6.07, 6.45) is 0. The van der Waals surface area contributed by atoms with Gasteiger partial charge in [0.1, 0.15) is 29.7 Å². The Kier molecular flexibility index (Phi) is 7.22. The number of hydrogen-bond acceptors (Lipinski definition) is 5. The first kappa shape index (κ1) is 20.1. The lowest BCUT2D eigenvalue weighted by molar-refractivity contribution is -0.885. The van der Waals surface area contributed by atoms with Crippen LogP contribution >= 0.6 is 11.3 Å². The molecule has 2 N–H and O–H groups in total. The first-order valence-corrected chi connectivity index (χ1v) is 10.2. The standard InChI is InChI=1S/C21H25N3O3S/c1-3-26-16-8-10-17(11-9-16)27-13-12-22-20(25)14-24(2)15-21-23-18-6-4-5-7-19(18)28-21/h4-11H,3,12-15H2,1-2H3,(H,22,25)/p+1. The topological polar surface area (TPSA) is 64.9 Å². The molecule has 1 aromatic heterocycles. The lowest BCUT2D eigenvalue weighted by Crippen LogP contribution is -3.08. The predicted octanol–water partition coefficient (Wildman–Crippen LogP) is 1.90.